The number of nitrogens with zero attached hydrogens (tertiary/aromatic N) is 4. The molecule has 1 atom stereocenters. The topological polar surface area (TPSA) is 92.7 Å². The lowest BCUT2D eigenvalue weighted by molar-refractivity contribution is -0.138. The average Bonchev–Trinajstić information content (AvgIpc) is 2.66. The molecule has 0 spiro atoms. The molecule has 2 aliphatic heterocycles. The summed E-state index contributed by atoms with van der Waals surface area (Å²) >= 11 is 0. The second-order valence-electron chi connectivity index (χ2n) is 7.07. The molecule has 2 saturated heterocycles. The maximum Gasteiger partial charge on any atom is 0.316 e. The zero-order chi connectivity index (χ0) is 18.6. The minimum Gasteiger partial charge on any atom is -0.463 e. The van der Waals surface area contributed by atoms with Crippen molar-refractivity contribution in [3.63, 3.8) is 0 Å². The summed E-state index contributed by atoms with van der Waals surface area (Å²) in [5.74, 6) is 0.344. The summed E-state index contributed by atoms with van der Waals surface area (Å²) in [6.07, 6.45) is 7.67. The van der Waals surface area contributed by atoms with E-state index in [4.69, 9.17) is 4.74 Å². The van der Waals surface area contributed by atoms with Gasteiger partial charge in [-0.1, -0.05) is 0 Å². The monoisotopic (exact) mass is 382 g/mol. The molecule has 3 rings (SSSR count). The van der Waals surface area contributed by atoms with Crippen LogP contribution in [0.1, 0.15) is 25.7 Å². The van der Waals surface area contributed by atoms with Crippen LogP contribution in [0, 0.1) is 11.8 Å². The summed E-state index contributed by atoms with van der Waals surface area (Å²) in [5, 5.41) is 0. The molecule has 8 nitrogen and oxygen atoms in total. The fourth-order valence-corrected chi connectivity index (χ4v) is 4.52. The molecule has 144 valence electrons. The number of sulfonamides is 1. The van der Waals surface area contributed by atoms with Crippen molar-refractivity contribution < 1.29 is 17.9 Å². The van der Waals surface area contributed by atoms with E-state index in [9.17, 15) is 13.2 Å². The third-order valence-electron chi connectivity index (χ3n) is 5.09. The summed E-state index contributed by atoms with van der Waals surface area (Å²) in [5.41, 5.74) is 0. The molecular weight excluding hydrogens is 356 g/mol. The Labute approximate surface area is 154 Å². The van der Waals surface area contributed by atoms with Gasteiger partial charge in [0.1, 0.15) is 0 Å². The summed E-state index contributed by atoms with van der Waals surface area (Å²) in [7, 11) is -3.16. The van der Waals surface area contributed by atoms with Crippen molar-refractivity contribution >= 4 is 15.9 Å². The molecule has 1 amide bonds. The molecule has 2 fully saturated rings. The largest absolute Gasteiger partial charge is 0.463 e. The van der Waals surface area contributed by atoms with Crippen LogP contribution in [0.4, 0.5) is 0 Å². The van der Waals surface area contributed by atoms with Gasteiger partial charge in [0, 0.05) is 50.4 Å². The van der Waals surface area contributed by atoms with Crippen LogP contribution in [-0.4, -0.2) is 72.5 Å². The molecule has 0 saturated carbocycles. The molecule has 3 heterocycles. The Balaban J connectivity index is 1.49. The van der Waals surface area contributed by atoms with Crippen LogP contribution < -0.4 is 4.74 Å². The lowest BCUT2D eigenvalue weighted by atomic mass is 9.93. The molecule has 9 heteroatoms. The highest BCUT2D eigenvalue weighted by Crippen LogP contribution is 2.25. The number of ether oxygens (including phenoxy) is 1. The van der Waals surface area contributed by atoms with E-state index in [0.717, 1.165) is 19.4 Å². The molecular formula is C17H26N4O4S. The number of amides is 1. The Bertz CT molecular complexity index is 705. The van der Waals surface area contributed by atoms with Crippen LogP contribution >= 0.6 is 0 Å². The fraction of sp³-hybridized carbons (Fsp3) is 0.706. The average molecular weight is 382 g/mol. The van der Waals surface area contributed by atoms with Crippen molar-refractivity contribution in [2.24, 2.45) is 11.8 Å². The maximum atomic E-state index is 12.8. The molecule has 0 aliphatic carbocycles. The van der Waals surface area contributed by atoms with Gasteiger partial charge in [-0.25, -0.2) is 22.7 Å². The molecule has 0 N–H and O–H groups in total. The standard InChI is InChI=1S/C17H26N4O4S/c1-26(23,24)21-10-5-15(6-11-21)16(22)20-9-2-4-14(12-20)13-25-17-18-7-3-8-19-17/h3,7-8,14-15H,2,4-6,9-13H2,1H3. The molecule has 26 heavy (non-hydrogen) atoms. The number of carbonyl (C=O) groups is 1. The van der Waals surface area contributed by atoms with E-state index >= 15 is 0 Å². The lowest BCUT2D eigenvalue weighted by Gasteiger charge is -2.37. The Morgan fingerprint density at radius 3 is 2.54 bits per heavy atom. The number of rotatable bonds is 5. The van der Waals surface area contributed by atoms with E-state index in [1.54, 1.807) is 18.5 Å². The van der Waals surface area contributed by atoms with Gasteiger partial charge in [-0.15, -0.1) is 0 Å². The summed E-state index contributed by atoms with van der Waals surface area (Å²) in [4.78, 5) is 22.8. The summed E-state index contributed by atoms with van der Waals surface area (Å²) in [6, 6.07) is 2.10. The highest BCUT2D eigenvalue weighted by Gasteiger charge is 2.33. The number of aromatic nitrogens is 2. The predicted molar refractivity (Wildman–Crippen MR) is 96.0 cm³/mol. The van der Waals surface area contributed by atoms with Crippen molar-refractivity contribution in [2.75, 3.05) is 39.0 Å². The lowest BCUT2D eigenvalue weighted by Crippen LogP contribution is -2.47. The third-order valence-corrected chi connectivity index (χ3v) is 6.40. The van der Waals surface area contributed by atoms with Gasteiger partial charge in [-0.05, 0) is 31.7 Å². The van der Waals surface area contributed by atoms with Crippen molar-refractivity contribution in [1.29, 1.82) is 0 Å². The van der Waals surface area contributed by atoms with Crippen LogP contribution in [0.2, 0.25) is 0 Å². The van der Waals surface area contributed by atoms with Crippen LogP contribution in [-0.2, 0) is 14.8 Å². The third kappa shape index (κ3) is 4.91. The zero-order valence-corrected chi connectivity index (χ0v) is 15.9. The van der Waals surface area contributed by atoms with Gasteiger partial charge < -0.3 is 9.64 Å². The van der Waals surface area contributed by atoms with E-state index in [1.165, 1.54) is 10.6 Å². The van der Waals surface area contributed by atoms with Crippen molar-refractivity contribution in [1.82, 2.24) is 19.2 Å². The van der Waals surface area contributed by atoms with Gasteiger partial charge in [0.25, 0.3) is 0 Å². The highest BCUT2D eigenvalue weighted by atomic mass is 32.2. The van der Waals surface area contributed by atoms with Crippen LogP contribution in [0.25, 0.3) is 0 Å². The quantitative estimate of drug-likeness (QED) is 0.747. The minimum absolute atomic E-state index is 0.0786. The first-order valence-electron chi connectivity index (χ1n) is 9.07. The van der Waals surface area contributed by atoms with E-state index in [-0.39, 0.29) is 17.7 Å². The molecule has 0 aromatic carbocycles. The first kappa shape index (κ1) is 19.0. The normalized spacial score (nSPS) is 23.0. The number of carbonyl (C=O) groups excluding carboxylic acids is 1. The Morgan fingerprint density at radius 1 is 1.19 bits per heavy atom. The number of piperidine rings is 2. The highest BCUT2D eigenvalue weighted by molar-refractivity contribution is 7.88. The predicted octanol–water partition coefficient (Wildman–Crippen LogP) is 0.766. The van der Waals surface area contributed by atoms with Crippen molar-refractivity contribution in [3.05, 3.63) is 18.5 Å². The number of likely N-dealkylation sites (tertiary alicyclic amines) is 1. The first-order valence-corrected chi connectivity index (χ1v) is 10.9. The zero-order valence-electron chi connectivity index (χ0n) is 15.1. The Morgan fingerprint density at radius 2 is 1.88 bits per heavy atom. The second-order valence-corrected chi connectivity index (χ2v) is 9.05. The van der Waals surface area contributed by atoms with Gasteiger partial charge in [0.2, 0.25) is 15.9 Å². The van der Waals surface area contributed by atoms with Crippen LogP contribution in [0.3, 0.4) is 0 Å². The van der Waals surface area contributed by atoms with E-state index in [0.29, 0.717) is 45.1 Å². The fourth-order valence-electron chi connectivity index (χ4n) is 3.65. The van der Waals surface area contributed by atoms with Gasteiger partial charge in [-0.3, -0.25) is 4.79 Å². The first-order chi connectivity index (χ1) is 12.4. The van der Waals surface area contributed by atoms with Crippen molar-refractivity contribution in [2.45, 2.75) is 25.7 Å². The Hall–Kier alpha value is -1.74. The number of hydrogen-bond acceptors (Lipinski definition) is 6. The van der Waals surface area contributed by atoms with E-state index < -0.39 is 10.0 Å². The molecule has 0 bridgehead atoms. The maximum absolute atomic E-state index is 12.8. The molecule has 1 aromatic heterocycles. The van der Waals surface area contributed by atoms with Gasteiger partial charge in [0.15, 0.2) is 0 Å². The van der Waals surface area contributed by atoms with Gasteiger partial charge >= 0.3 is 6.01 Å². The van der Waals surface area contributed by atoms with Gasteiger partial charge in [0.05, 0.1) is 12.9 Å². The van der Waals surface area contributed by atoms with Crippen molar-refractivity contribution in [3.8, 4) is 6.01 Å². The molecule has 1 unspecified atom stereocenters. The second kappa shape index (κ2) is 8.30. The van der Waals surface area contributed by atoms with E-state index in [2.05, 4.69) is 9.97 Å². The molecule has 0 radical (unpaired) electrons. The summed E-state index contributed by atoms with van der Waals surface area (Å²) < 4.78 is 30.3. The molecule has 1 aromatic rings. The van der Waals surface area contributed by atoms with E-state index in [1.807, 2.05) is 4.90 Å². The smallest absolute Gasteiger partial charge is 0.316 e. The summed E-state index contributed by atoms with van der Waals surface area (Å²) in [6.45, 7) is 2.81. The van der Waals surface area contributed by atoms with Crippen LogP contribution in [0.15, 0.2) is 18.5 Å². The molecule has 2 aliphatic rings. The van der Waals surface area contributed by atoms with Crippen LogP contribution in [0.5, 0.6) is 6.01 Å². The Kier molecular flexibility index (Phi) is 6.08. The van der Waals surface area contributed by atoms with Gasteiger partial charge in [-0.2, -0.15) is 0 Å². The number of hydrogen-bond donors (Lipinski definition) is 0. The SMILES string of the molecule is CS(=O)(=O)N1CCC(C(=O)N2CCCC(COc3ncccn3)C2)CC1. The minimum atomic E-state index is -3.16.